The van der Waals surface area contributed by atoms with E-state index in [-0.39, 0.29) is 0 Å². The normalized spacial score (nSPS) is 15.4. The van der Waals surface area contributed by atoms with Crippen molar-refractivity contribution < 1.29 is 0 Å². The molecule has 1 aromatic rings. The fourth-order valence-electron chi connectivity index (χ4n) is 1.15. The molecule has 0 fully saturated rings. The van der Waals surface area contributed by atoms with Gasteiger partial charge in [-0.3, -0.25) is 0 Å². The molecule has 0 amide bonds. The zero-order chi connectivity index (χ0) is 6.97. The van der Waals surface area contributed by atoms with Gasteiger partial charge in [0, 0.05) is 11.3 Å². The number of hydrogen-bond acceptors (Lipinski definition) is 1. The Labute approximate surface area is 65.0 Å². The van der Waals surface area contributed by atoms with Crippen molar-refractivity contribution >= 4 is 11.8 Å². The Hall–Kier alpha value is -0.690. The molecule has 1 aromatic carbocycles. The standard InChI is InChI=1S/C9H8S/c1-7-6-8-4-2-3-5-9(8)10-7/h2-5H,1,6H2. The maximum atomic E-state index is 3.93. The van der Waals surface area contributed by atoms with Crippen molar-refractivity contribution in [3.8, 4) is 0 Å². The number of thioether (sulfide) groups is 1. The fraction of sp³-hybridized carbons (Fsp3) is 0.111. The molecule has 0 bridgehead atoms. The molecule has 0 N–H and O–H groups in total. The third-order valence-corrected chi connectivity index (χ3v) is 2.67. The highest BCUT2D eigenvalue weighted by molar-refractivity contribution is 8.03. The minimum Gasteiger partial charge on any atom is -0.0945 e. The molecule has 50 valence electrons. The fourth-order valence-corrected chi connectivity index (χ4v) is 2.11. The molecule has 1 aliphatic rings. The van der Waals surface area contributed by atoms with Crippen LogP contribution in [-0.4, -0.2) is 0 Å². The van der Waals surface area contributed by atoms with E-state index in [4.69, 9.17) is 0 Å². The van der Waals surface area contributed by atoms with E-state index in [9.17, 15) is 0 Å². The van der Waals surface area contributed by atoms with Crippen molar-refractivity contribution in [2.75, 3.05) is 0 Å². The summed E-state index contributed by atoms with van der Waals surface area (Å²) in [5.41, 5.74) is 1.43. The first-order valence-corrected chi connectivity index (χ1v) is 4.11. The lowest BCUT2D eigenvalue weighted by molar-refractivity contribution is 1.21. The van der Waals surface area contributed by atoms with Crippen LogP contribution in [0, 0.1) is 0 Å². The van der Waals surface area contributed by atoms with E-state index in [1.165, 1.54) is 15.4 Å². The number of rotatable bonds is 0. The first-order chi connectivity index (χ1) is 4.86. The summed E-state index contributed by atoms with van der Waals surface area (Å²) in [5, 5.41) is 0. The van der Waals surface area contributed by atoms with E-state index in [1.807, 2.05) is 0 Å². The summed E-state index contributed by atoms with van der Waals surface area (Å²) >= 11 is 1.80. The molecule has 0 radical (unpaired) electrons. The molecule has 0 saturated heterocycles. The van der Waals surface area contributed by atoms with E-state index in [0.717, 1.165) is 6.42 Å². The molecule has 0 aromatic heterocycles. The van der Waals surface area contributed by atoms with E-state index in [2.05, 4.69) is 30.8 Å². The molecule has 10 heavy (non-hydrogen) atoms. The highest BCUT2D eigenvalue weighted by Gasteiger charge is 2.12. The zero-order valence-corrected chi connectivity index (χ0v) is 6.45. The molecule has 0 aliphatic carbocycles. The van der Waals surface area contributed by atoms with Crippen LogP contribution >= 0.6 is 11.8 Å². The second-order valence-corrected chi connectivity index (χ2v) is 3.65. The topological polar surface area (TPSA) is 0 Å². The van der Waals surface area contributed by atoms with Crippen LogP contribution in [0.4, 0.5) is 0 Å². The van der Waals surface area contributed by atoms with Crippen LogP contribution in [0.1, 0.15) is 5.56 Å². The molecule has 2 rings (SSSR count). The van der Waals surface area contributed by atoms with Gasteiger partial charge in [-0.05, 0) is 16.5 Å². The summed E-state index contributed by atoms with van der Waals surface area (Å²) in [6, 6.07) is 8.47. The van der Waals surface area contributed by atoms with Crippen molar-refractivity contribution in [1.29, 1.82) is 0 Å². The minimum absolute atomic E-state index is 1.06. The molecular weight excluding hydrogens is 140 g/mol. The maximum absolute atomic E-state index is 3.93. The summed E-state index contributed by atoms with van der Waals surface area (Å²) in [6.45, 7) is 3.93. The predicted octanol–water partition coefficient (Wildman–Crippen LogP) is 2.85. The molecule has 1 heteroatoms. The lowest BCUT2D eigenvalue weighted by Gasteiger charge is -1.91. The Bertz CT molecular complexity index is 249. The first-order valence-electron chi connectivity index (χ1n) is 3.30. The number of hydrogen-bond donors (Lipinski definition) is 0. The minimum atomic E-state index is 1.06. The monoisotopic (exact) mass is 148 g/mol. The Kier molecular flexibility index (Phi) is 1.31. The van der Waals surface area contributed by atoms with Crippen LogP contribution in [0.2, 0.25) is 0 Å². The van der Waals surface area contributed by atoms with Crippen LogP contribution in [0.3, 0.4) is 0 Å². The Balaban J connectivity index is 2.51. The zero-order valence-electron chi connectivity index (χ0n) is 5.63. The summed E-state index contributed by atoms with van der Waals surface area (Å²) in [6.07, 6.45) is 1.06. The first kappa shape index (κ1) is 6.05. The van der Waals surface area contributed by atoms with E-state index < -0.39 is 0 Å². The number of allylic oxidation sites excluding steroid dienone is 1. The van der Waals surface area contributed by atoms with Gasteiger partial charge >= 0.3 is 0 Å². The van der Waals surface area contributed by atoms with Crippen molar-refractivity contribution in [1.82, 2.24) is 0 Å². The third kappa shape index (κ3) is 0.868. The molecular formula is C9H8S. The molecule has 0 spiro atoms. The van der Waals surface area contributed by atoms with Crippen LogP contribution < -0.4 is 0 Å². The van der Waals surface area contributed by atoms with Gasteiger partial charge in [-0.1, -0.05) is 36.5 Å². The number of fused-ring (bicyclic) bond motifs is 1. The second-order valence-electron chi connectivity index (χ2n) is 2.43. The van der Waals surface area contributed by atoms with Crippen molar-refractivity contribution in [3.63, 3.8) is 0 Å². The van der Waals surface area contributed by atoms with Crippen LogP contribution in [0.5, 0.6) is 0 Å². The van der Waals surface area contributed by atoms with Gasteiger partial charge in [0.25, 0.3) is 0 Å². The third-order valence-electron chi connectivity index (χ3n) is 1.61. The van der Waals surface area contributed by atoms with Crippen molar-refractivity contribution in [3.05, 3.63) is 41.3 Å². The Morgan fingerprint density at radius 2 is 2.10 bits per heavy atom. The number of benzene rings is 1. The van der Waals surface area contributed by atoms with Crippen LogP contribution in [-0.2, 0) is 6.42 Å². The highest BCUT2D eigenvalue weighted by Crippen LogP contribution is 2.38. The van der Waals surface area contributed by atoms with Crippen molar-refractivity contribution in [2.45, 2.75) is 11.3 Å². The van der Waals surface area contributed by atoms with Gasteiger partial charge < -0.3 is 0 Å². The molecule has 0 nitrogen and oxygen atoms in total. The van der Waals surface area contributed by atoms with E-state index >= 15 is 0 Å². The molecule has 1 aliphatic heterocycles. The van der Waals surface area contributed by atoms with Gasteiger partial charge in [-0.25, -0.2) is 0 Å². The Morgan fingerprint density at radius 1 is 1.30 bits per heavy atom. The summed E-state index contributed by atoms with van der Waals surface area (Å²) < 4.78 is 0. The average Bonchev–Trinajstić information content (AvgIpc) is 2.27. The van der Waals surface area contributed by atoms with Gasteiger partial charge in [0.05, 0.1) is 0 Å². The largest absolute Gasteiger partial charge is 0.0945 e. The summed E-state index contributed by atoms with van der Waals surface area (Å²) in [7, 11) is 0. The van der Waals surface area contributed by atoms with E-state index in [0.29, 0.717) is 0 Å². The summed E-state index contributed by atoms with van der Waals surface area (Å²) in [4.78, 5) is 2.65. The SMILES string of the molecule is C=C1Cc2ccccc2S1. The van der Waals surface area contributed by atoms with Crippen molar-refractivity contribution in [2.24, 2.45) is 0 Å². The quantitative estimate of drug-likeness (QED) is 0.545. The smallest absolute Gasteiger partial charge is 0.0154 e. The van der Waals surface area contributed by atoms with Gasteiger partial charge in [0.2, 0.25) is 0 Å². The summed E-state index contributed by atoms with van der Waals surface area (Å²) in [5.74, 6) is 0. The lowest BCUT2D eigenvalue weighted by Crippen LogP contribution is -1.75. The molecule has 1 heterocycles. The van der Waals surface area contributed by atoms with Gasteiger partial charge in [-0.15, -0.1) is 0 Å². The Morgan fingerprint density at radius 3 is 2.90 bits per heavy atom. The van der Waals surface area contributed by atoms with Crippen LogP contribution in [0.25, 0.3) is 0 Å². The van der Waals surface area contributed by atoms with Gasteiger partial charge in [0.15, 0.2) is 0 Å². The molecule has 0 saturated carbocycles. The molecule has 0 unspecified atom stereocenters. The second kappa shape index (κ2) is 2.17. The predicted molar refractivity (Wildman–Crippen MR) is 45.1 cm³/mol. The average molecular weight is 148 g/mol. The van der Waals surface area contributed by atoms with Gasteiger partial charge in [-0.2, -0.15) is 0 Å². The lowest BCUT2D eigenvalue weighted by atomic mass is 10.2. The molecule has 0 atom stereocenters. The van der Waals surface area contributed by atoms with Crippen LogP contribution in [0.15, 0.2) is 40.6 Å². The maximum Gasteiger partial charge on any atom is 0.0154 e. The highest BCUT2D eigenvalue weighted by atomic mass is 32.2. The van der Waals surface area contributed by atoms with E-state index in [1.54, 1.807) is 11.8 Å². The van der Waals surface area contributed by atoms with Gasteiger partial charge in [0.1, 0.15) is 0 Å².